The highest BCUT2D eigenvalue weighted by Crippen LogP contribution is 2.30. The van der Waals surface area contributed by atoms with Crippen LogP contribution in [0, 0.1) is 13.8 Å². The molecule has 2 nitrogen and oxygen atoms in total. The van der Waals surface area contributed by atoms with Crippen molar-refractivity contribution in [2.24, 2.45) is 0 Å². The van der Waals surface area contributed by atoms with E-state index in [0.717, 1.165) is 16.7 Å². The van der Waals surface area contributed by atoms with Gasteiger partial charge in [0, 0.05) is 6.54 Å². The second-order valence-corrected chi connectivity index (χ2v) is 4.83. The van der Waals surface area contributed by atoms with E-state index in [2.05, 4.69) is 10.1 Å². The van der Waals surface area contributed by atoms with Crippen LogP contribution in [0.5, 0.6) is 5.75 Å². The highest BCUT2D eigenvalue weighted by atomic mass is 19.4. The smallest absolute Gasteiger partial charge is 0.404 e. The molecule has 0 spiro atoms. The lowest BCUT2D eigenvalue weighted by Crippen LogP contribution is -2.18. The lowest BCUT2D eigenvalue weighted by atomic mass is 10.1. The SMILES string of the molecule is Cc1ccc(CNc2ccccc2OC(F)(F)F)c(C)c1. The van der Waals surface area contributed by atoms with Gasteiger partial charge < -0.3 is 10.1 Å². The average Bonchev–Trinajstić information content (AvgIpc) is 2.37. The van der Waals surface area contributed by atoms with E-state index in [4.69, 9.17) is 0 Å². The number of hydrogen-bond donors (Lipinski definition) is 1. The van der Waals surface area contributed by atoms with E-state index in [0.29, 0.717) is 12.2 Å². The van der Waals surface area contributed by atoms with E-state index >= 15 is 0 Å². The molecule has 0 radical (unpaired) electrons. The minimum Gasteiger partial charge on any atom is -0.404 e. The van der Waals surface area contributed by atoms with E-state index < -0.39 is 6.36 Å². The molecule has 0 unspecified atom stereocenters. The molecule has 2 aromatic rings. The summed E-state index contributed by atoms with van der Waals surface area (Å²) < 4.78 is 41.0. The number of benzene rings is 2. The molecule has 0 aliphatic carbocycles. The minimum atomic E-state index is -4.70. The van der Waals surface area contributed by atoms with Gasteiger partial charge in [-0.15, -0.1) is 13.2 Å². The van der Waals surface area contributed by atoms with Crippen LogP contribution in [0.1, 0.15) is 16.7 Å². The molecule has 1 N–H and O–H groups in total. The maximum atomic E-state index is 12.3. The van der Waals surface area contributed by atoms with E-state index in [1.54, 1.807) is 12.1 Å². The largest absolute Gasteiger partial charge is 0.573 e. The fourth-order valence-corrected chi connectivity index (χ4v) is 2.06. The number of rotatable bonds is 4. The Kier molecular flexibility index (Phi) is 4.40. The van der Waals surface area contributed by atoms with Crippen LogP contribution in [0.2, 0.25) is 0 Å². The van der Waals surface area contributed by atoms with Crippen LogP contribution in [-0.2, 0) is 6.54 Å². The van der Waals surface area contributed by atoms with Crippen LogP contribution in [-0.4, -0.2) is 6.36 Å². The third-order valence-electron chi connectivity index (χ3n) is 3.08. The number of alkyl halides is 3. The van der Waals surface area contributed by atoms with Crippen molar-refractivity contribution in [2.45, 2.75) is 26.8 Å². The maximum absolute atomic E-state index is 12.3. The molecule has 0 aromatic heterocycles. The second kappa shape index (κ2) is 6.08. The lowest BCUT2D eigenvalue weighted by molar-refractivity contribution is -0.274. The third kappa shape index (κ3) is 4.41. The Morgan fingerprint density at radius 1 is 1.05 bits per heavy atom. The first kappa shape index (κ1) is 15.2. The fourth-order valence-electron chi connectivity index (χ4n) is 2.06. The van der Waals surface area contributed by atoms with Crippen molar-refractivity contribution in [3.63, 3.8) is 0 Å². The maximum Gasteiger partial charge on any atom is 0.573 e. The van der Waals surface area contributed by atoms with Gasteiger partial charge in [0.2, 0.25) is 0 Å². The number of aryl methyl sites for hydroxylation is 2. The third-order valence-corrected chi connectivity index (χ3v) is 3.08. The predicted molar refractivity (Wildman–Crippen MR) is 76.4 cm³/mol. The average molecular weight is 295 g/mol. The molecule has 0 heterocycles. The summed E-state index contributed by atoms with van der Waals surface area (Å²) in [6.07, 6.45) is -4.70. The molecule has 0 fully saturated rings. The van der Waals surface area contributed by atoms with Crippen molar-refractivity contribution in [2.75, 3.05) is 5.32 Å². The molecule has 5 heteroatoms. The molecule has 112 valence electrons. The number of para-hydroxylation sites is 2. The van der Waals surface area contributed by atoms with Crippen molar-refractivity contribution in [1.29, 1.82) is 0 Å². The van der Waals surface area contributed by atoms with Crippen LogP contribution in [0.4, 0.5) is 18.9 Å². The molecule has 21 heavy (non-hydrogen) atoms. The van der Waals surface area contributed by atoms with Gasteiger partial charge >= 0.3 is 6.36 Å². The zero-order chi connectivity index (χ0) is 15.5. The Labute approximate surface area is 121 Å². The van der Waals surface area contributed by atoms with Crippen molar-refractivity contribution < 1.29 is 17.9 Å². The molecule has 0 amide bonds. The number of ether oxygens (including phenoxy) is 1. The Balaban J connectivity index is 2.13. The lowest BCUT2D eigenvalue weighted by Gasteiger charge is -2.15. The first-order chi connectivity index (χ1) is 9.85. The van der Waals surface area contributed by atoms with Crippen molar-refractivity contribution in [3.05, 3.63) is 59.2 Å². The van der Waals surface area contributed by atoms with Gasteiger partial charge in [0.1, 0.15) is 0 Å². The highest BCUT2D eigenvalue weighted by Gasteiger charge is 2.32. The summed E-state index contributed by atoms with van der Waals surface area (Å²) >= 11 is 0. The molecule has 2 aromatic carbocycles. The van der Waals surface area contributed by atoms with Gasteiger partial charge in [0.15, 0.2) is 5.75 Å². The van der Waals surface area contributed by atoms with Crippen LogP contribution in [0.3, 0.4) is 0 Å². The van der Waals surface area contributed by atoms with E-state index in [1.807, 2.05) is 32.0 Å². The zero-order valence-corrected chi connectivity index (χ0v) is 11.8. The Hall–Kier alpha value is -2.17. The summed E-state index contributed by atoms with van der Waals surface area (Å²) in [6.45, 7) is 4.41. The van der Waals surface area contributed by atoms with Gasteiger partial charge in [-0.1, -0.05) is 35.9 Å². The van der Waals surface area contributed by atoms with E-state index in [1.165, 1.54) is 12.1 Å². The predicted octanol–water partition coefficient (Wildman–Crippen LogP) is 4.81. The van der Waals surface area contributed by atoms with Crippen molar-refractivity contribution in [3.8, 4) is 5.75 Å². The zero-order valence-electron chi connectivity index (χ0n) is 11.8. The molecular weight excluding hydrogens is 279 g/mol. The van der Waals surface area contributed by atoms with Gasteiger partial charge in [0.25, 0.3) is 0 Å². The Bertz CT molecular complexity index is 623. The molecule has 2 rings (SSSR count). The van der Waals surface area contributed by atoms with Gasteiger partial charge in [0.05, 0.1) is 5.69 Å². The van der Waals surface area contributed by atoms with Gasteiger partial charge in [-0.2, -0.15) is 0 Å². The summed E-state index contributed by atoms with van der Waals surface area (Å²) in [4.78, 5) is 0. The molecule has 0 atom stereocenters. The Morgan fingerprint density at radius 2 is 1.76 bits per heavy atom. The molecule has 0 aliphatic heterocycles. The number of halogens is 3. The summed E-state index contributed by atoms with van der Waals surface area (Å²) in [6, 6.07) is 12.0. The summed E-state index contributed by atoms with van der Waals surface area (Å²) in [5.74, 6) is -0.227. The monoisotopic (exact) mass is 295 g/mol. The minimum absolute atomic E-state index is 0.227. The van der Waals surface area contributed by atoms with Gasteiger partial charge in [-0.25, -0.2) is 0 Å². The topological polar surface area (TPSA) is 21.3 Å². The molecular formula is C16H16F3NO. The van der Waals surface area contributed by atoms with E-state index in [9.17, 15) is 13.2 Å². The number of anilines is 1. The van der Waals surface area contributed by atoms with Crippen LogP contribution >= 0.6 is 0 Å². The van der Waals surface area contributed by atoms with Crippen LogP contribution in [0.15, 0.2) is 42.5 Å². The second-order valence-electron chi connectivity index (χ2n) is 4.83. The van der Waals surface area contributed by atoms with Crippen LogP contribution in [0.25, 0.3) is 0 Å². The standard InChI is InChI=1S/C16H16F3NO/c1-11-7-8-13(12(2)9-11)10-20-14-5-3-4-6-15(14)21-16(17,18)19/h3-9,20H,10H2,1-2H3. The van der Waals surface area contributed by atoms with Crippen molar-refractivity contribution >= 4 is 5.69 Å². The number of hydrogen-bond acceptors (Lipinski definition) is 2. The Morgan fingerprint density at radius 3 is 2.43 bits per heavy atom. The van der Waals surface area contributed by atoms with Crippen LogP contribution < -0.4 is 10.1 Å². The summed E-state index contributed by atoms with van der Waals surface area (Å²) in [7, 11) is 0. The molecule has 0 saturated carbocycles. The highest BCUT2D eigenvalue weighted by molar-refractivity contribution is 5.56. The van der Waals surface area contributed by atoms with Gasteiger partial charge in [-0.3, -0.25) is 0 Å². The van der Waals surface area contributed by atoms with E-state index in [-0.39, 0.29) is 5.75 Å². The first-order valence-electron chi connectivity index (χ1n) is 6.50. The number of nitrogens with one attached hydrogen (secondary N) is 1. The quantitative estimate of drug-likeness (QED) is 0.873. The molecule has 0 aliphatic rings. The summed E-state index contributed by atoms with van der Waals surface area (Å²) in [5, 5.41) is 2.99. The van der Waals surface area contributed by atoms with Crippen molar-refractivity contribution in [1.82, 2.24) is 0 Å². The first-order valence-corrected chi connectivity index (χ1v) is 6.50. The summed E-state index contributed by atoms with van der Waals surface area (Å²) in [5.41, 5.74) is 3.59. The fraction of sp³-hybridized carbons (Fsp3) is 0.250. The molecule has 0 bridgehead atoms. The molecule has 0 saturated heterocycles. The van der Waals surface area contributed by atoms with Gasteiger partial charge in [-0.05, 0) is 37.1 Å². The normalized spacial score (nSPS) is 11.3.